The molecule has 1 saturated heterocycles. The Morgan fingerprint density at radius 3 is 3.11 bits per heavy atom. The first-order chi connectivity index (χ1) is 9.28. The van der Waals surface area contributed by atoms with Gasteiger partial charge in [-0.3, -0.25) is 4.98 Å². The van der Waals surface area contributed by atoms with Crippen molar-refractivity contribution in [3.63, 3.8) is 0 Å². The fourth-order valence-electron chi connectivity index (χ4n) is 2.58. The molecule has 1 atom stereocenters. The number of rotatable bonds is 2. The first-order valence-corrected chi connectivity index (χ1v) is 7.69. The van der Waals surface area contributed by atoms with Crippen LogP contribution in [0.5, 0.6) is 0 Å². The van der Waals surface area contributed by atoms with Crippen LogP contribution in [-0.4, -0.2) is 36.1 Å². The van der Waals surface area contributed by atoms with Gasteiger partial charge in [-0.2, -0.15) is 0 Å². The first-order valence-electron chi connectivity index (χ1n) is 6.57. The standard InChI is InChI=1S/C15H17BrN2O/c1-11-8-15(13-4-2-3-5-14(13)17-11)18-6-7-19-12(9-16)10-18/h2-5,8,12H,6-7,9-10H2,1H3. The Bertz CT molecular complexity index is 587. The molecule has 1 aliphatic heterocycles. The van der Waals surface area contributed by atoms with Crippen LogP contribution < -0.4 is 4.90 Å². The minimum Gasteiger partial charge on any atom is -0.374 e. The number of nitrogens with zero attached hydrogens (tertiary/aromatic N) is 2. The average molecular weight is 321 g/mol. The highest BCUT2D eigenvalue weighted by atomic mass is 79.9. The number of benzene rings is 1. The normalized spacial score (nSPS) is 19.9. The van der Waals surface area contributed by atoms with E-state index < -0.39 is 0 Å². The van der Waals surface area contributed by atoms with E-state index in [0.29, 0.717) is 0 Å². The Morgan fingerprint density at radius 1 is 1.42 bits per heavy atom. The van der Waals surface area contributed by atoms with E-state index >= 15 is 0 Å². The molecule has 0 spiro atoms. The lowest BCUT2D eigenvalue weighted by Gasteiger charge is -2.34. The lowest BCUT2D eigenvalue weighted by molar-refractivity contribution is 0.0572. The van der Waals surface area contributed by atoms with Crippen molar-refractivity contribution in [2.24, 2.45) is 0 Å². The van der Waals surface area contributed by atoms with E-state index in [1.54, 1.807) is 0 Å². The predicted octanol–water partition coefficient (Wildman–Crippen LogP) is 3.14. The van der Waals surface area contributed by atoms with Gasteiger partial charge in [0.25, 0.3) is 0 Å². The minimum atomic E-state index is 0.265. The molecular weight excluding hydrogens is 304 g/mol. The monoisotopic (exact) mass is 320 g/mol. The highest BCUT2D eigenvalue weighted by Gasteiger charge is 2.21. The van der Waals surface area contributed by atoms with E-state index in [0.717, 1.165) is 36.2 Å². The van der Waals surface area contributed by atoms with Crippen molar-refractivity contribution >= 4 is 32.5 Å². The van der Waals surface area contributed by atoms with Crippen LogP contribution in [-0.2, 0) is 4.74 Å². The van der Waals surface area contributed by atoms with Gasteiger partial charge in [-0.15, -0.1) is 0 Å². The molecule has 0 N–H and O–H groups in total. The number of para-hydroxylation sites is 1. The number of halogens is 1. The van der Waals surface area contributed by atoms with Crippen molar-refractivity contribution in [1.29, 1.82) is 0 Å². The maximum Gasteiger partial charge on any atom is 0.0847 e. The Hall–Kier alpha value is -1.13. The maximum absolute atomic E-state index is 5.72. The van der Waals surface area contributed by atoms with Gasteiger partial charge in [0.1, 0.15) is 0 Å². The number of aromatic nitrogens is 1. The van der Waals surface area contributed by atoms with E-state index in [9.17, 15) is 0 Å². The number of hydrogen-bond acceptors (Lipinski definition) is 3. The van der Waals surface area contributed by atoms with Gasteiger partial charge in [0.15, 0.2) is 0 Å². The summed E-state index contributed by atoms with van der Waals surface area (Å²) in [5.74, 6) is 0. The van der Waals surface area contributed by atoms with Crippen molar-refractivity contribution in [1.82, 2.24) is 4.98 Å². The van der Waals surface area contributed by atoms with Crippen LogP contribution in [0.3, 0.4) is 0 Å². The van der Waals surface area contributed by atoms with Gasteiger partial charge in [0, 0.05) is 35.2 Å². The topological polar surface area (TPSA) is 25.4 Å². The lowest BCUT2D eigenvalue weighted by Crippen LogP contribution is -2.43. The molecular formula is C15H17BrN2O. The Labute approximate surface area is 121 Å². The van der Waals surface area contributed by atoms with Crippen LogP contribution in [0.25, 0.3) is 10.9 Å². The Balaban J connectivity index is 2.03. The van der Waals surface area contributed by atoms with E-state index in [1.165, 1.54) is 11.1 Å². The molecule has 0 saturated carbocycles. The van der Waals surface area contributed by atoms with Crippen LogP contribution in [0.4, 0.5) is 5.69 Å². The largest absolute Gasteiger partial charge is 0.374 e. The fourth-order valence-corrected chi connectivity index (χ4v) is 2.97. The lowest BCUT2D eigenvalue weighted by atomic mass is 10.1. The zero-order valence-corrected chi connectivity index (χ0v) is 12.6. The van der Waals surface area contributed by atoms with E-state index in [-0.39, 0.29) is 6.10 Å². The minimum absolute atomic E-state index is 0.265. The van der Waals surface area contributed by atoms with Gasteiger partial charge in [-0.05, 0) is 19.1 Å². The third-order valence-corrected chi connectivity index (χ3v) is 4.20. The van der Waals surface area contributed by atoms with Gasteiger partial charge in [0.2, 0.25) is 0 Å². The van der Waals surface area contributed by atoms with Crippen LogP contribution in [0.1, 0.15) is 5.69 Å². The quantitative estimate of drug-likeness (QED) is 0.795. The van der Waals surface area contributed by atoms with Crippen molar-refractivity contribution in [2.45, 2.75) is 13.0 Å². The molecule has 3 nitrogen and oxygen atoms in total. The van der Waals surface area contributed by atoms with Crippen molar-refractivity contribution in [3.8, 4) is 0 Å². The maximum atomic E-state index is 5.72. The van der Waals surface area contributed by atoms with Gasteiger partial charge in [-0.1, -0.05) is 34.1 Å². The van der Waals surface area contributed by atoms with Gasteiger partial charge in [0.05, 0.1) is 18.2 Å². The summed E-state index contributed by atoms with van der Waals surface area (Å²) >= 11 is 3.51. The summed E-state index contributed by atoms with van der Waals surface area (Å²) in [5.41, 5.74) is 3.41. The van der Waals surface area contributed by atoms with E-state index in [2.05, 4.69) is 57.0 Å². The Morgan fingerprint density at radius 2 is 2.26 bits per heavy atom. The second kappa shape index (κ2) is 5.47. The number of ether oxygens (including phenoxy) is 1. The molecule has 4 heteroatoms. The molecule has 1 aromatic carbocycles. The first kappa shape index (κ1) is 12.9. The molecule has 0 amide bonds. The molecule has 1 fully saturated rings. The smallest absolute Gasteiger partial charge is 0.0847 e. The summed E-state index contributed by atoms with van der Waals surface area (Å²) in [4.78, 5) is 7.01. The predicted molar refractivity (Wildman–Crippen MR) is 82.2 cm³/mol. The molecule has 3 rings (SSSR count). The highest BCUT2D eigenvalue weighted by Crippen LogP contribution is 2.28. The zero-order valence-electron chi connectivity index (χ0n) is 11.0. The van der Waals surface area contributed by atoms with Crippen molar-refractivity contribution in [3.05, 3.63) is 36.0 Å². The number of aryl methyl sites for hydroxylation is 1. The summed E-state index contributed by atoms with van der Waals surface area (Å²) in [7, 11) is 0. The number of fused-ring (bicyclic) bond motifs is 1. The van der Waals surface area contributed by atoms with E-state index in [1.807, 2.05) is 6.07 Å². The Kier molecular flexibility index (Phi) is 3.71. The highest BCUT2D eigenvalue weighted by molar-refractivity contribution is 9.09. The second-order valence-corrected chi connectivity index (χ2v) is 5.54. The summed E-state index contributed by atoms with van der Waals surface area (Å²) in [6, 6.07) is 10.5. The molecule has 1 aromatic heterocycles. The molecule has 0 aliphatic carbocycles. The number of hydrogen-bond donors (Lipinski definition) is 0. The molecule has 0 bridgehead atoms. The van der Waals surface area contributed by atoms with Crippen molar-refractivity contribution in [2.75, 3.05) is 29.9 Å². The molecule has 100 valence electrons. The fraction of sp³-hybridized carbons (Fsp3) is 0.400. The van der Waals surface area contributed by atoms with Crippen LogP contribution in [0.2, 0.25) is 0 Å². The van der Waals surface area contributed by atoms with Crippen molar-refractivity contribution < 1.29 is 4.74 Å². The molecule has 2 heterocycles. The summed E-state index contributed by atoms with van der Waals surface area (Å²) in [6.07, 6.45) is 0.265. The van der Waals surface area contributed by atoms with Gasteiger partial charge >= 0.3 is 0 Å². The third-order valence-electron chi connectivity index (χ3n) is 3.47. The molecule has 1 unspecified atom stereocenters. The number of morpholine rings is 1. The SMILES string of the molecule is Cc1cc(N2CCOC(CBr)C2)c2ccccc2n1. The molecule has 2 aromatic rings. The second-order valence-electron chi connectivity index (χ2n) is 4.89. The van der Waals surface area contributed by atoms with Crippen LogP contribution in [0.15, 0.2) is 30.3 Å². The number of alkyl halides is 1. The average Bonchev–Trinajstić information content (AvgIpc) is 2.46. The van der Waals surface area contributed by atoms with Gasteiger partial charge < -0.3 is 9.64 Å². The van der Waals surface area contributed by atoms with E-state index in [4.69, 9.17) is 4.74 Å². The number of anilines is 1. The van der Waals surface area contributed by atoms with Gasteiger partial charge in [-0.25, -0.2) is 0 Å². The van der Waals surface area contributed by atoms with Crippen LogP contribution >= 0.6 is 15.9 Å². The zero-order chi connectivity index (χ0) is 13.2. The number of pyridine rings is 1. The molecule has 1 aliphatic rings. The third kappa shape index (κ3) is 2.60. The summed E-state index contributed by atoms with van der Waals surface area (Å²) in [5, 5.41) is 2.11. The molecule has 19 heavy (non-hydrogen) atoms. The van der Waals surface area contributed by atoms with Crippen LogP contribution in [0, 0.1) is 6.92 Å². The summed E-state index contributed by atoms with van der Waals surface area (Å²) in [6.45, 7) is 4.71. The summed E-state index contributed by atoms with van der Waals surface area (Å²) < 4.78 is 5.72. The molecule has 0 radical (unpaired) electrons.